The van der Waals surface area contributed by atoms with Gasteiger partial charge in [-0.2, -0.15) is 0 Å². The average molecular weight is 491 g/mol. The molecule has 4 bridgehead atoms. The Bertz CT molecular complexity index is 1030. The molecule has 0 amide bonds. The Morgan fingerprint density at radius 3 is 2.09 bits per heavy atom. The summed E-state index contributed by atoms with van der Waals surface area (Å²) in [4.78, 5) is 63.5. The van der Waals surface area contributed by atoms with E-state index in [0.29, 0.717) is 16.7 Å². The molecule has 0 aromatic carbocycles. The fourth-order valence-corrected chi connectivity index (χ4v) is 5.91. The summed E-state index contributed by atoms with van der Waals surface area (Å²) in [7, 11) is 0. The monoisotopic (exact) mass is 490 g/mol. The number of ketones is 2. The van der Waals surface area contributed by atoms with Gasteiger partial charge in [0.1, 0.15) is 12.2 Å². The average Bonchev–Trinajstić information content (AvgIpc) is 2.71. The first-order valence-corrected chi connectivity index (χ1v) is 11.8. The van der Waals surface area contributed by atoms with Crippen LogP contribution in [0.2, 0.25) is 0 Å². The molecule has 0 spiro atoms. The van der Waals surface area contributed by atoms with Crippen molar-refractivity contribution >= 4 is 29.5 Å². The number of fused-ring (bicyclic) bond motifs is 4. The van der Waals surface area contributed by atoms with Crippen molar-refractivity contribution in [3.63, 3.8) is 0 Å². The largest absolute Gasteiger partial charge is 0.461 e. The van der Waals surface area contributed by atoms with Crippen molar-refractivity contribution < 1.29 is 43.3 Å². The van der Waals surface area contributed by atoms with Gasteiger partial charge in [0.2, 0.25) is 0 Å². The third-order valence-electron chi connectivity index (χ3n) is 7.73. The fraction of sp³-hybridized carbons (Fsp3) is 0.654. The highest BCUT2D eigenvalue weighted by atomic mass is 16.6. The normalized spacial score (nSPS) is 36.0. The maximum Gasteiger partial charge on any atom is 0.303 e. The first-order valence-electron chi connectivity index (χ1n) is 11.8. The number of esters is 3. The topological polar surface area (TPSA) is 133 Å². The van der Waals surface area contributed by atoms with Gasteiger partial charge in [-0.15, -0.1) is 0 Å². The van der Waals surface area contributed by atoms with Crippen molar-refractivity contribution in [3.8, 4) is 0 Å². The van der Waals surface area contributed by atoms with E-state index in [4.69, 9.17) is 14.2 Å². The molecule has 0 radical (unpaired) electrons. The Balaban J connectivity index is 2.35. The van der Waals surface area contributed by atoms with Crippen LogP contribution in [0.4, 0.5) is 0 Å². The molecule has 1 saturated carbocycles. The van der Waals surface area contributed by atoms with E-state index < -0.39 is 64.9 Å². The Morgan fingerprint density at radius 2 is 1.54 bits per heavy atom. The highest BCUT2D eigenvalue weighted by Gasteiger charge is 2.57. The molecule has 1 fully saturated rings. The number of carbonyl (C=O) groups excluding carboxylic acids is 5. The van der Waals surface area contributed by atoms with Gasteiger partial charge in [0.25, 0.3) is 0 Å². The zero-order valence-electron chi connectivity index (χ0n) is 21.3. The van der Waals surface area contributed by atoms with Gasteiger partial charge in [-0.25, -0.2) is 0 Å². The molecule has 1 N–H and O–H groups in total. The highest BCUT2D eigenvalue weighted by Crippen LogP contribution is 2.52. The van der Waals surface area contributed by atoms with Crippen molar-refractivity contribution in [3.05, 3.63) is 22.8 Å². The molecule has 0 saturated heterocycles. The second kappa shape index (κ2) is 9.33. The molecule has 9 nitrogen and oxygen atoms in total. The Kier molecular flexibility index (Phi) is 7.14. The zero-order valence-corrected chi connectivity index (χ0v) is 21.3. The molecule has 9 heteroatoms. The molecule has 0 heterocycles. The summed E-state index contributed by atoms with van der Waals surface area (Å²) >= 11 is 0. The number of aliphatic hydroxyl groups is 1. The van der Waals surface area contributed by atoms with Gasteiger partial charge < -0.3 is 19.3 Å². The molecule has 3 rings (SSSR count). The summed E-state index contributed by atoms with van der Waals surface area (Å²) in [6.45, 7) is 10.5. The summed E-state index contributed by atoms with van der Waals surface area (Å²) in [5, 5.41) is 10.9. The summed E-state index contributed by atoms with van der Waals surface area (Å²) in [5.74, 6) is -3.22. The van der Waals surface area contributed by atoms with Crippen LogP contribution in [-0.2, 0) is 38.2 Å². The minimum atomic E-state index is -1.41. The van der Waals surface area contributed by atoms with Crippen LogP contribution in [-0.4, -0.2) is 59.0 Å². The van der Waals surface area contributed by atoms with E-state index in [9.17, 15) is 29.1 Å². The maximum atomic E-state index is 14.2. The van der Waals surface area contributed by atoms with Gasteiger partial charge >= 0.3 is 17.9 Å². The summed E-state index contributed by atoms with van der Waals surface area (Å²) < 4.78 is 16.7. The van der Waals surface area contributed by atoms with E-state index in [0.717, 1.165) is 0 Å². The lowest BCUT2D eigenvalue weighted by atomic mass is 9.57. The number of hydrogen-bond acceptors (Lipinski definition) is 9. The zero-order chi connectivity index (χ0) is 26.5. The van der Waals surface area contributed by atoms with Gasteiger partial charge in [-0.05, 0) is 48.5 Å². The Labute approximate surface area is 204 Å². The number of carbonyl (C=O) groups is 5. The van der Waals surface area contributed by atoms with E-state index in [1.165, 1.54) is 20.8 Å². The van der Waals surface area contributed by atoms with Gasteiger partial charge in [0, 0.05) is 39.5 Å². The summed E-state index contributed by atoms with van der Waals surface area (Å²) in [5.41, 5.74) is -1.18. The van der Waals surface area contributed by atoms with E-state index >= 15 is 0 Å². The molecule has 3 aliphatic rings. The lowest BCUT2D eigenvalue weighted by Crippen LogP contribution is -2.56. The van der Waals surface area contributed by atoms with Gasteiger partial charge in [-0.1, -0.05) is 13.8 Å². The highest BCUT2D eigenvalue weighted by molar-refractivity contribution is 6.01. The molecule has 3 aliphatic carbocycles. The predicted octanol–water partition coefficient (Wildman–Crippen LogP) is 2.38. The van der Waals surface area contributed by atoms with Crippen molar-refractivity contribution in [1.29, 1.82) is 0 Å². The molecule has 0 aromatic heterocycles. The number of rotatable bonds is 3. The Morgan fingerprint density at radius 1 is 0.971 bits per heavy atom. The minimum Gasteiger partial charge on any atom is -0.461 e. The Hall–Kier alpha value is -2.81. The van der Waals surface area contributed by atoms with Gasteiger partial charge in [0.15, 0.2) is 17.7 Å². The molecular formula is C26H34O9. The van der Waals surface area contributed by atoms with Crippen LogP contribution in [0.25, 0.3) is 0 Å². The van der Waals surface area contributed by atoms with Crippen LogP contribution in [0, 0.1) is 16.7 Å². The number of allylic oxidation sites excluding steroid dienone is 1. The minimum absolute atomic E-state index is 0.00605. The molecule has 0 unspecified atom stereocenters. The quantitative estimate of drug-likeness (QED) is 0.359. The first-order chi connectivity index (χ1) is 16.1. The molecular weight excluding hydrogens is 456 g/mol. The molecule has 6 atom stereocenters. The van der Waals surface area contributed by atoms with Crippen LogP contribution >= 0.6 is 0 Å². The maximum absolute atomic E-state index is 14.2. The van der Waals surface area contributed by atoms with Gasteiger partial charge in [-0.3, -0.25) is 24.0 Å². The van der Waals surface area contributed by atoms with Crippen LogP contribution in [0.5, 0.6) is 0 Å². The standard InChI is InChI=1S/C26H34O9/c1-12-18(30)9-17-20(33-13(2)27)8-16-11-26(7,21(10-19(16)31)34-14(3)28)24(32)23(35-15(4)29)22(12)25(17,5)6/h8,17,19-21,23,31H,9-11H2,1-7H3/b16-8+/t17-,19-,20-,21-,23-,26-/m0/s1. The number of aliphatic hydroxyl groups excluding tert-OH is 1. The van der Waals surface area contributed by atoms with Crippen LogP contribution in [0.1, 0.15) is 67.7 Å². The lowest BCUT2D eigenvalue weighted by molar-refractivity contribution is -0.171. The predicted molar refractivity (Wildman–Crippen MR) is 123 cm³/mol. The third-order valence-corrected chi connectivity index (χ3v) is 7.73. The van der Waals surface area contributed by atoms with Crippen molar-refractivity contribution in [2.24, 2.45) is 16.7 Å². The second-order valence-electron chi connectivity index (χ2n) is 10.6. The summed E-state index contributed by atoms with van der Waals surface area (Å²) in [6, 6.07) is 0. The molecule has 0 aliphatic heterocycles. The van der Waals surface area contributed by atoms with Crippen molar-refractivity contribution in [2.75, 3.05) is 0 Å². The molecule has 35 heavy (non-hydrogen) atoms. The van der Waals surface area contributed by atoms with Crippen molar-refractivity contribution in [2.45, 2.75) is 92.1 Å². The van der Waals surface area contributed by atoms with E-state index in [2.05, 4.69) is 0 Å². The van der Waals surface area contributed by atoms with E-state index in [-0.39, 0.29) is 25.0 Å². The first kappa shape index (κ1) is 26.8. The molecule has 192 valence electrons. The second-order valence-corrected chi connectivity index (χ2v) is 10.6. The molecule has 0 aromatic rings. The summed E-state index contributed by atoms with van der Waals surface area (Å²) in [6.07, 6.45) is -2.73. The smallest absolute Gasteiger partial charge is 0.303 e. The number of Topliss-reactive ketones (excluding diaryl/α,β-unsaturated/α-hetero) is 2. The lowest BCUT2D eigenvalue weighted by Gasteiger charge is -2.50. The number of hydrogen-bond donors (Lipinski definition) is 1. The third kappa shape index (κ3) is 4.83. The van der Waals surface area contributed by atoms with Crippen LogP contribution in [0.3, 0.4) is 0 Å². The van der Waals surface area contributed by atoms with Crippen LogP contribution < -0.4 is 0 Å². The van der Waals surface area contributed by atoms with E-state index in [1.54, 1.807) is 19.9 Å². The number of ether oxygens (including phenoxy) is 3. The van der Waals surface area contributed by atoms with Crippen LogP contribution in [0.15, 0.2) is 22.8 Å². The van der Waals surface area contributed by atoms with Crippen molar-refractivity contribution in [1.82, 2.24) is 0 Å². The van der Waals surface area contributed by atoms with E-state index in [1.807, 2.05) is 13.8 Å². The SMILES string of the molecule is CC(=O)O[C@@H]1C(=O)[C@@]2(C)C/C(=C\[C@H](OC(C)=O)[C@@H]3CC(=O)C(C)=C1C3(C)C)[C@@H](O)C[C@@H]2OC(C)=O. The fourth-order valence-electron chi connectivity index (χ4n) is 5.91. The van der Waals surface area contributed by atoms with Gasteiger partial charge in [0.05, 0.1) is 11.5 Å².